The van der Waals surface area contributed by atoms with Gasteiger partial charge in [-0.25, -0.2) is 4.79 Å². The van der Waals surface area contributed by atoms with Gasteiger partial charge in [0.15, 0.2) is 0 Å². The Balaban J connectivity index is 1.47. The van der Waals surface area contributed by atoms with Crippen LogP contribution in [0.15, 0.2) is 24.3 Å². The maximum absolute atomic E-state index is 13.1. The van der Waals surface area contributed by atoms with Crippen LogP contribution in [0.4, 0.5) is 4.79 Å². The third-order valence-electron chi connectivity index (χ3n) is 5.89. The van der Waals surface area contributed by atoms with Gasteiger partial charge in [0, 0.05) is 18.1 Å². The summed E-state index contributed by atoms with van der Waals surface area (Å²) in [5.41, 5.74) is 0.699. The van der Waals surface area contributed by atoms with E-state index in [4.69, 9.17) is 5.26 Å². The van der Waals surface area contributed by atoms with E-state index in [0.717, 1.165) is 16.9 Å². The zero-order valence-electron chi connectivity index (χ0n) is 18.4. The molecule has 166 valence electrons. The first kappa shape index (κ1) is 23.1. The predicted octanol–water partition coefficient (Wildman–Crippen LogP) is 3.04. The van der Waals surface area contributed by atoms with E-state index < -0.39 is 11.6 Å². The maximum Gasteiger partial charge on any atom is 0.325 e. The first-order chi connectivity index (χ1) is 14.7. The van der Waals surface area contributed by atoms with Crippen LogP contribution < -0.4 is 10.6 Å². The minimum atomic E-state index is -0.886. The molecule has 1 saturated carbocycles. The lowest BCUT2D eigenvalue weighted by Crippen LogP contribution is -2.54. The number of carbonyl (C=O) groups excluding carboxylic acids is 3. The molecule has 1 aliphatic carbocycles. The second-order valence-corrected chi connectivity index (χ2v) is 10.5. The third kappa shape index (κ3) is 5.40. The van der Waals surface area contributed by atoms with E-state index in [2.05, 4.69) is 37.5 Å². The zero-order chi connectivity index (χ0) is 22.6. The van der Waals surface area contributed by atoms with E-state index in [1.807, 2.05) is 18.2 Å². The number of urea groups is 1. The number of thioether (sulfide) groups is 1. The van der Waals surface area contributed by atoms with Crippen LogP contribution in [-0.4, -0.2) is 47.1 Å². The van der Waals surface area contributed by atoms with Gasteiger partial charge < -0.3 is 10.6 Å². The van der Waals surface area contributed by atoms with Crippen molar-refractivity contribution in [1.82, 2.24) is 15.5 Å². The lowest BCUT2D eigenvalue weighted by atomic mass is 9.64. The molecule has 2 fully saturated rings. The van der Waals surface area contributed by atoms with Crippen LogP contribution in [0, 0.1) is 22.7 Å². The lowest BCUT2D eigenvalue weighted by Gasteiger charge is -2.43. The number of hydrogen-bond acceptors (Lipinski definition) is 5. The van der Waals surface area contributed by atoms with Gasteiger partial charge in [0.05, 0.1) is 11.6 Å². The number of imide groups is 1. The molecule has 2 unspecified atom stereocenters. The standard InChI is InChI=1S/C23H30N4O3S/c1-16-10-22(2,3)15-23(11-16)20(29)27(21(30)26-23)13-19(28)25-8-9-31-14-18-7-5-4-6-17(18)12-24/h4-7,16H,8-11,13-15H2,1-3H3,(H,25,28)(H,26,30). The average Bonchev–Trinajstić information content (AvgIpc) is 2.89. The van der Waals surface area contributed by atoms with Crippen LogP contribution in [0.3, 0.4) is 0 Å². The maximum atomic E-state index is 13.1. The van der Waals surface area contributed by atoms with Gasteiger partial charge in [0.2, 0.25) is 5.91 Å². The van der Waals surface area contributed by atoms with E-state index in [1.165, 1.54) is 0 Å². The molecular formula is C23H30N4O3S. The minimum Gasteiger partial charge on any atom is -0.354 e. The number of benzene rings is 1. The molecule has 8 heteroatoms. The van der Waals surface area contributed by atoms with Crippen LogP contribution in [0.5, 0.6) is 0 Å². The summed E-state index contributed by atoms with van der Waals surface area (Å²) in [7, 11) is 0. The van der Waals surface area contributed by atoms with Crippen molar-refractivity contribution in [2.24, 2.45) is 11.3 Å². The van der Waals surface area contributed by atoms with Crippen molar-refractivity contribution in [2.75, 3.05) is 18.8 Å². The number of amides is 4. The molecule has 0 radical (unpaired) electrons. The molecule has 1 spiro atoms. The number of nitriles is 1. The Kier molecular flexibility index (Phi) is 6.95. The van der Waals surface area contributed by atoms with E-state index in [0.29, 0.717) is 42.4 Å². The quantitative estimate of drug-likeness (QED) is 0.499. The fraction of sp³-hybridized carbons (Fsp3) is 0.565. The summed E-state index contributed by atoms with van der Waals surface area (Å²) in [6.07, 6.45) is 2.21. The summed E-state index contributed by atoms with van der Waals surface area (Å²) in [5.74, 6) is 1.05. The smallest absolute Gasteiger partial charge is 0.325 e. The van der Waals surface area contributed by atoms with Gasteiger partial charge in [0.25, 0.3) is 5.91 Å². The van der Waals surface area contributed by atoms with Gasteiger partial charge in [0.1, 0.15) is 12.1 Å². The van der Waals surface area contributed by atoms with Crippen molar-refractivity contribution in [3.8, 4) is 6.07 Å². The number of nitrogens with zero attached hydrogens (tertiary/aromatic N) is 2. The van der Waals surface area contributed by atoms with Crippen LogP contribution in [0.1, 0.15) is 51.2 Å². The van der Waals surface area contributed by atoms with Crippen molar-refractivity contribution in [3.05, 3.63) is 35.4 Å². The lowest BCUT2D eigenvalue weighted by molar-refractivity contribution is -0.137. The first-order valence-electron chi connectivity index (χ1n) is 10.6. The number of nitrogens with one attached hydrogen (secondary N) is 2. The summed E-state index contributed by atoms with van der Waals surface area (Å²) in [4.78, 5) is 39.0. The Bertz CT molecular complexity index is 910. The van der Waals surface area contributed by atoms with Gasteiger partial charge in [-0.15, -0.1) is 0 Å². The molecule has 1 heterocycles. The molecule has 0 bridgehead atoms. The van der Waals surface area contributed by atoms with Crippen LogP contribution in [-0.2, 0) is 15.3 Å². The fourth-order valence-electron chi connectivity index (χ4n) is 5.05. The monoisotopic (exact) mass is 442 g/mol. The average molecular weight is 443 g/mol. The second kappa shape index (κ2) is 9.31. The predicted molar refractivity (Wildman–Crippen MR) is 120 cm³/mol. The highest BCUT2D eigenvalue weighted by Crippen LogP contribution is 2.46. The van der Waals surface area contributed by atoms with Crippen LogP contribution >= 0.6 is 11.8 Å². The Labute approximate surface area is 187 Å². The highest BCUT2D eigenvalue weighted by molar-refractivity contribution is 7.98. The fourth-order valence-corrected chi connectivity index (χ4v) is 5.91. The van der Waals surface area contributed by atoms with Crippen molar-refractivity contribution in [3.63, 3.8) is 0 Å². The highest BCUT2D eigenvalue weighted by atomic mass is 32.2. The molecular weight excluding hydrogens is 412 g/mol. The molecule has 2 N–H and O–H groups in total. The Morgan fingerprint density at radius 1 is 1.32 bits per heavy atom. The number of hydrogen-bond donors (Lipinski definition) is 2. The summed E-state index contributed by atoms with van der Waals surface area (Å²) in [6, 6.07) is 9.14. The highest BCUT2D eigenvalue weighted by Gasteiger charge is 2.56. The van der Waals surface area contributed by atoms with Crippen molar-refractivity contribution in [1.29, 1.82) is 5.26 Å². The SMILES string of the molecule is CC1CC(C)(C)CC2(C1)NC(=O)N(CC(=O)NCCSCc1ccccc1C#N)C2=O. The first-order valence-corrected chi connectivity index (χ1v) is 11.8. The normalized spacial score (nSPS) is 24.7. The Morgan fingerprint density at radius 2 is 2.06 bits per heavy atom. The third-order valence-corrected chi connectivity index (χ3v) is 6.90. The van der Waals surface area contributed by atoms with Gasteiger partial charge in [-0.2, -0.15) is 17.0 Å². The number of rotatable bonds is 7. The van der Waals surface area contributed by atoms with Crippen molar-refractivity contribution < 1.29 is 14.4 Å². The summed E-state index contributed by atoms with van der Waals surface area (Å²) >= 11 is 1.61. The zero-order valence-corrected chi connectivity index (χ0v) is 19.2. The molecule has 4 amide bonds. The van der Waals surface area contributed by atoms with Crippen molar-refractivity contribution >= 4 is 29.6 Å². The molecule has 31 heavy (non-hydrogen) atoms. The van der Waals surface area contributed by atoms with Gasteiger partial charge in [-0.3, -0.25) is 14.5 Å². The van der Waals surface area contributed by atoms with E-state index in [-0.39, 0.29) is 23.8 Å². The van der Waals surface area contributed by atoms with Crippen LogP contribution in [0.2, 0.25) is 0 Å². The van der Waals surface area contributed by atoms with E-state index in [9.17, 15) is 14.4 Å². The Hall–Kier alpha value is -2.53. The molecule has 1 aromatic carbocycles. The molecule has 2 atom stereocenters. The molecule has 1 saturated heterocycles. The van der Waals surface area contributed by atoms with Crippen molar-refractivity contribution in [2.45, 2.75) is 51.3 Å². The molecule has 2 aliphatic rings. The van der Waals surface area contributed by atoms with Gasteiger partial charge >= 0.3 is 6.03 Å². The summed E-state index contributed by atoms with van der Waals surface area (Å²) in [6.45, 7) is 6.50. The number of carbonyl (C=O) groups is 3. The van der Waals surface area contributed by atoms with E-state index in [1.54, 1.807) is 17.8 Å². The molecule has 0 aromatic heterocycles. The molecule has 3 rings (SSSR count). The topological polar surface area (TPSA) is 102 Å². The summed E-state index contributed by atoms with van der Waals surface area (Å²) < 4.78 is 0. The van der Waals surface area contributed by atoms with Gasteiger partial charge in [-0.1, -0.05) is 39.0 Å². The van der Waals surface area contributed by atoms with Crippen LogP contribution in [0.25, 0.3) is 0 Å². The second-order valence-electron chi connectivity index (χ2n) is 9.43. The Morgan fingerprint density at radius 3 is 2.77 bits per heavy atom. The van der Waals surface area contributed by atoms with E-state index >= 15 is 0 Å². The summed E-state index contributed by atoms with van der Waals surface area (Å²) in [5, 5.41) is 14.8. The molecule has 1 aliphatic heterocycles. The van der Waals surface area contributed by atoms with Gasteiger partial charge in [-0.05, 0) is 42.2 Å². The minimum absolute atomic E-state index is 0.0414. The molecule has 7 nitrogen and oxygen atoms in total. The largest absolute Gasteiger partial charge is 0.354 e. The molecule has 1 aromatic rings.